The fourth-order valence-corrected chi connectivity index (χ4v) is 5.85. The summed E-state index contributed by atoms with van der Waals surface area (Å²) in [5.74, 6) is -0.308. The van der Waals surface area contributed by atoms with Gasteiger partial charge in [0, 0.05) is 32.1 Å². The molecule has 1 aromatic carbocycles. The number of piperidine rings is 1. The first-order valence-electron chi connectivity index (χ1n) is 9.78. The van der Waals surface area contributed by atoms with Crippen LogP contribution < -0.4 is 10.5 Å². The molecule has 30 heavy (non-hydrogen) atoms. The standard InChI is InChI=1S/C19H32N4O5S2/c1-19(2,14-22(3)4)13-21-18(24)15-8-10-23(11-9-15)30(27,28)17-7-5-6-16(12-17)29(20,25)26/h5-7,12,15H,8-11,13-14H2,1-4H3,(H,21,24)(H2,20,25,26). The summed E-state index contributed by atoms with van der Waals surface area (Å²) in [6.45, 7) is 5.93. The van der Waals surface area contributed by atoms with Crippen LogP contribution in [0, 0.1) is 11.3 Å². The molecular weight excluding hydrogens is 428 g/mol. The van der Waals surface area contributed by atoms with E-state index in [0.29, 0.717) is 19.4 Å². The molecule has 3 N–H and O–H groups in total. The number of carbonyl (C=O) groups excluding carboxylic acids is 1. The second-order valence-electron chi connectivity index (χ2n) is 8.82. The largest absolute Gasteiger partial charge is 0.355 e. The first-order valence-corrected chi connectivity index (χ1v) is 12.8. The normalized spacial score (nSPS) is 17.3. The molecule has 0 spiro atoms. The zero-order valence-electron chi connectivity index (χ0n) is 18.0. The van der Waals surface area contributed by atoms with Crippen molar-refractivity contribution in [3.63, 3.8) is 0 Å². The maximum atomic E-state index is 12.9. The number of hydrogen-bond donors (Lipinski definition) is 2. The molecule has 0 aromatic heterocycles. The molecular formula is C19H32N4O5S2. The lowest BCUT2D eigenvalue weighted by Crippen LogP contribution is -2.46. The van der Waals surface area contributed by atoms with Crippen LogP contribution in [0.15, 0.2) is 34.1 Å². The van der Waals surface area contributed by atoms with E-state index in [-0.39, 0.29) is 40.1 Å². The Morgan fingerprint density at radius 1 is 1.17 bits per heavy atom. The van der Waals surface area contributed by atoms with E-state index in [0.717, 1.165) is 12.6 Å². The van der Waals surface area contributed by atoms with E-state index < -0.39 is 20.0 Å². The number of primary sulfonamides is 1. The lowest BCUT2D eigenvalue weighted by Gasteiger charge is -2.32. The van der Waals surface area contributed by atoms with Crippen molar-refractivity contribution in [3.05, 3.63) is 24.3 Å². The van der Waals surface area contributed by atoms with Gasteiger partial charge in [-0.1, -0.05) is 19.9 Å². The number of carbonyl (C=O) groups is 1. The van der Waals surface area contributed by atoms with Crippen molar-refractivity contribution in [2.45, 2.75) is 36.5 Å². The maximum absolute atomic E-state index is 12.9. The number of nitrogens with zero attached hydrogens (tertiary/aromatic N) is 2. The number of sulfonamides is 2. The summed E-state index contributed by atoms with van der Waals surface area (Å²) in [7, 11) is -3.90. The van der Waals surface area contributed by atoms with Crippen LogP contribution in [-0.4, -0.2) is 72.2 Å². The lowest BCUT2D eigenvalue weighted by atomic mass is 9.91. The minimum atomic E-state index is -4.00. The van der Waals surface area contributed by atoms with Gasteiger partial charge >= 0.3 is 0 Å². The molecule has 0 atom stereocenters. The van der Waals surface area contributed by atoms with Gasteiger partial charge in [0.2, 0.25) is 26.0 Å². The van der Waals surface area contributed by atoms with E-state index >= 15 is 0 Å². The van der Waals surface area contributed by atoms with Crippen molar-refractivity contribution in [1.82, 2.24) is 14.5 Å². The summed E-state index contributed by atoms with van der Waals surface area (Å²) in [6.07, 6.45) is 0.822. The monoisotopic (exact) mass is 460 g/mol. The van der Waals surface area contributed by atoms with Crippen LogP contribution in [0.1, 0.15) is 26.7 Å². The number of rotatable bonds is 8. The molecule has 1 amide bonds. The Hall–Kier alpha value is -1.53. The van der Waals surface area contributed by atoms with Gasteiger partial charge in [-0.25, -0.2) is 22.0 Å². The van der Waals surface area contributed by atoms with Gasteiger partial charge in [0.15, 0.2) is 0 Å². The van der Waals surface area contributed by atoms with Gasteiger partial charge in [0.05, 0.1) is 9.79 Å². The highest BCUT2D eigenvalue weighted by Gasteiger charge is 2.33. The lowest BCUT2D eigenvalue weighted by molar-refractivity contribution is -0.126. The zero-order valence-corrected chi connectivity index (χ0v) is 19.6. The van der Waals surface area contributed by atoms with Crippen molar-refractivity contribution in [2.24, 2.45) is 16.5 Å². The Balaban J connectivity index is 1.99. The zero-order chi connectivity index (χ0) is 22.7. The number of amides is 1. The minimum Gasteiger partial charge on any atom is -0.355 e. The quantitative estimate of drug-likeness (QED) is 0.579. The van der Waals surface area contributed by atoms with Crippen molar-refractivity contribution in [2.75, 3.05) is 40.3 Å². The minimum absolute atomic E-state index is 0.0601. The molecule has 11 heteroatoms. The van der Waals surface area contributed by atoms with E-state index in [4.69, 9.17) is 5.14 Å². The molecule has 0 radical (unpaired) electrons. The molecule has 0 bridgehead atoms. The maximum Gasteiger partial charge on any atom is 0.243 e. The van der Waals surface area contributed by atoms with Gasteiger partial charge in [0.1, 0.15) is 0 Å². The molecule has 0 unspecified atom stereocenters. The summed E-state index contributed by atoms with van der Waals surface area (Å²) in [6, 6.07) is 5.01. The number of benzene rings is 1. The van der Waals surface area contributed by atoms with Gasteiger partial charge in [-0.2, -0.15) is 4.31 Å². The van der Waals surface area contributed by atoms with E-state index in [1.807, 2.05) is 14.1 Å². The molecule has 0 saturated carbocycles. The summed E-state index contributed by atoms with van der Waals surface area (Å²) >= 11 is 0. The summed E-state index contributed by atoms with van der Waals surface area (Å²) in [5.41, 5.74) is -0.0719. The number of nitrogens with one attached hydrogen (secondary N) is 1. The third-order valence-electron chi connectivity index (χ3n) is 5.08. The van der Waals surface area contributed by atoms with Gasteiger partial charge < -0.3 is 10.2 Å². The van der Waals surface area contributed by atoms with Gasteiger partial charge in [-0.3, -0.25) is 4.79 Å². The first-order chi connectivity index (χ1) is 13.7. The Labute approximate surface area is 179 Å². The van der Waals surface area contributed by atoms with Crippen LogP contribution in [0.25, 0.3) is 0 Å². The van der Waals surface area contributed by atoms with Crippen LogP contribution in [-0.2, 0) is 24.8 Å². The third-order valence-corrected chi connectivity index (χ3v) is 7.89. The Bertz CT molecular complexity index is 966. The van der Waals surface area contributed by atoms with E-state index in [1.54, 1.807) is 0 Å². The fourth-order valence-electron chi connectivity index (χ4n) is 3.70. The Morgan fingerprint density at radius 3 is 2.27 bits per heavy atom. The average molecular weight is 461 g/mol. The van der Waals surface area contributed by atoms with E-state index in [9.17, 15) is 21.6 Å². The summed E-state index contributed by atoms with van der Waals surface area (Å²) in [5, 5.41) is 8.09. The fraction of sp³-hybridized carbons (Fsp3) is 0.632. The van der Waals surface area contributed by atoms with Crippen LogP contribution >= 0.6 is 0 Å². The van der Waals surface area contributed by atoms with Gasteiger partial charge in [0.25, 0.3) is 0 Å². The van der Waals surface area contributed by atoms with Crippen LogP contribution in [0.4, 0.5) is 0 Å². The summed E-state index contributed by atoms with van der Waals surface area (Å²) < 4.78 is 50.1. The van der Waals surface area contributed by atoms with Crippen molar-refractivity contribution >= 4 is 26.0 Å². The Morgan fingerprint density at radius 2 is 1.73 bits per heavy atom. The number of hydrogen-bond acceptors (Lipinski definition) is 6. The second-order valence-corrected chi connectivity index (χ2v) is 12.3. The van der Waals surface area contributed by atoms with Crippen molar-refractivity contribution in [3.8, 4) is 0 Å². The molecule has 1 heterocycles. The predicted molar refractivity (Wildman–Crippen MR) is 115 cm³/mol. The number of nitrogens with two attached hydrogens (primary N) is 1. The summed E-state index contributed by atoms with van der Waals surface area (Å²) in [4.78, 5) is 14.2. The van der Waals surface area contributed by atoms with Crippen LogP contribution in [0.5, 0.6) is 0 Å². The molecule has 1 saturated heterocycles. The average Bonchev–Trinajstić information content (AvgIpc) is 2.65. The molecule has 2 rings (SSSR count). The highest BCUT2D eigenvalue weighted by molar-refractivity contribution is 7.90. The topological polar surface area (TPSA) is 130 Å². The molecule has 170 valence electrons. The second kappa shape index (κ2) is 9.31. The van der Waals surface area contributed by atoms with Crippen LogP contribution in [0.2, 0.25) is 0 Å². The SMILES string of the molecule is CN(C)CC(C)(C)CNC(=O)C1CCN(S(=O)(=O)c2cccc(S(N)(=O)=O)c2)CC1. The molecule has 1 aliphatic rings. The Kier molecular flexibility index (Phi) is 7.68. The third kappa shape index (κ3) is 6.48. The van der Waals surface area contributed by atoms with E-state index in [2.05, 4.69) is 24.1 Å². The van der Waals surface area contributed by atoms with Crippen LogP contribution in [0.3, 0.4) is 0 Å². The van der Waals surface area contributed by atoms with Gasteiger partial charge in [-0.05, 0) is 50.6 Å². The van der Waals surface area contributed by atoms with Crippen molar-refractivity contribution in [1.29, 1.82) is 0 Å². The van der Waals surface area contributed by atoms with Gasteiger partial charge in [-0.15, -0.1) is 0 Å². The predicted octanol–water partition coefficient (Wildman–Crippen LogP) is 0.439. The molecule has 9 nitrogen and oxygen atoms in total. The molecule has 1 fully saturated rings. The first kappa shape index (κ1) is 24.7. The van der Waals surface area contributed by atoms with Crippen molar-refractivity contribution < 1.29 is 21.6 Å². The highest BCUT2D eigenvalue weighted by atomic mass is 32.2. The smallest absolute Gasteiger partial charge is 0.243 e. The highest BCUT2D eigenvalue weighted by Crippen LogP contribution is 2.25. The molecule has 1 aliphatic heterocycles. The molecule has 0 aliphatic carbocycles. The van der Waals surface area contributed by atoms with E-state index in [1.165, 1.54) is 22.5 Å². The molecule has 1 aromatic rings.